The number of fused-ring (bicyclic) bond motifs is 2. The van der Waals surface area contributed by atoms with Crippen LogP contribution in [0, 0.1) is 17.3 Å². The van der Waals surface area contributed by atoms with Crippen molar-refractivity contribution in [1.82, 2.24) is 0 Å². The van der Waals surface area contributed by atoms with Crippen LogP contribution in [0.25, 0.3) is 0 Å². The number of carbonyl (C=O) groups is 1. The van der Waals surface area contributed by atoms with Gasteiger partial charge in [0.2, 0.25) is 0 Å². The molecule has 1 aromatic carbocycles. The van der Waals surface area contributed by atoms with Crippen LogP contribution in [0.2, 0.25) is 0 Å². The van der Waals surface area contributed by atoms with Gasteiger partial charge >= 0.3 is 0 Å². The van der Waals surface area contributed by atoms with E-state index >= 15 is 0 Å². The fraction of sp³-hybridized carbons (Fsp3) is 0.611. The summed E-state index contributed by atoms with van der Waals surface area (Å²) in [7, 11) is 0. The van der Waals surface area contributed by atoms with Gasteiger partial charge in [-0.3, -0.25) is 0 Å². The Balaban J connectivity index is 2.02. The number of carbonyl (C=O) groups excluding carboxylic acids is 1. The fourth-order valence-electron chi connectivity index (χ4n) is 5.06. The number of rotatable bonds is 2. The molecule has 2 bridgehead atoms. The quantitative estimate of drug-likeness (QED) is 0.719. The summed E-state index contributed by atoms with van der Waals surface area (Å²) in [6.45, 7) is 4.55. The van der Waals surface area contributed by atoms with Crippen molar-refractivity contribution in [2.45, 2.75) is 51.4 Å². The second-order valence-corrected chi connectivity index (χ2v) is 7.41. The van der Waals surface area contributed by atoms with Crippen molar-refractivity contribution in [1.29, 1.82) is 0 Å². The minimum absolute atomic E-state index is 0.112. The Labute approximate surface area is 116 Å². The highest BCUT2D eigenvalue weighted by Crippen LogP contribution is 2.57. The van der Waals surface area contributed by atoms with E-state index in [2.05, 4.69) is 44.2 Å². The smallest absolute Gasteiger partial charge is 0.125 e. The predicted octanol–water partition coefficient (Wildman–Crippen LogP) is 4.36. The van der Waals surface area contributed by atoms with E-state index in [0.717, 1.165) is 24.7 Å². The maximum absolute atomic E-state index is 11.6. The molecule has 2 aliphatic rings. The number of benzene rings is 1. The van der Waals surface area contributed by atoms with Crippen LogP contribution in [0.5, 0.6) is 0 Å². The molecule has 2 aliphatic carbocycles. The molecule has 1 aromatic rings. The lowest BCUT2D eigenvalue weighted by atomic mass is 9.51. The molecule has 1 heteroatoms. The van der Waals surface area contributed by atoms with Crippen molar-refractivity contribution in [3.8, 4) is 0 Å². The van der Waals surface area contributed by atoms with Gasteiger partial charge in [-0.15, -0.1) is 0 Å². The lowest BCUT2D eigenvalue weighted by Gasteiger charge is -2.53. The van der Waals surface area contributed by atoms with Gasteiger partial charge in [-0.2, -0.15) is 0 Å². The molecule has 19 heavy (non-hydrogen) atoms. The zero-order chi connectivity index (χ0) is 13.5. The highest BCUT2D eigenvalue weighted by Gasteiger charge is 2.50. The maximum atomic E-state index is 11.6. The Morgan fingerprint density at radius 1 is 1.16 bits per heavy atom. The summed E-state index contributed by atoms with van der Waals surface area (Å²) in [5.41, 5.74) is 1.59. The standard InChI is InChI=1S/C18H24O/c1-14-8-15-10-17(2,13-19)12-18(9-14,11-15)16-6-4-3-5-7-16/h3-7,13-15H,8-12H2,1-2H3. The summed E-state index contributed by atoms with van der Waals surface area (Å²) >= 11 is 0. The van der Waals surface area contributed by atoms with Crippen molar-refractivity contribution < 1.29 is 4.79 Å². The second-order valence-electron chi connectivity index (χ2n) is 7.41. The van der Waals surface area contributed by atoms with Gasteiger partial charge in [0.05, 0.1) is 0 Å². The molecule has 0 heterocycles. The van der Waals surface area contributed by atoms with E-state index in [1.807, 2.05) is 0 Å². The molecule has 2 saturated carbocycles. The zero-order valence-corrected chi connectivity index (χ0v) is 12.1. The lowest BCUT2D eigenvalue weighted by Crippen LogP contribution is -2.47. The van der Waals surface area contributed by atoms with Gasteiger partial charge in [0.1, 0.15) is 6.29 Å². The lowest BCUT2D eigenvalue weighted by molar-refractivity contribution is -0.121. The van der Waals surface area contributed by atoms with Crippen LogP contribution in [0.4, 0.5) is 0 Å². The van der Waals surface area contributed by atoms with Crippen LogP contribution in [0.15, 0.2) is 30.3 Å². The molecule has 4 unspecified atom stereocenters. The average molecular weight is 256 g/mol. The van der Waals surface area contributed by atoms with E-state index in [4.69, 9.17) is 0 Å². The van der Waals surface area contributed by atoms with E-state index in [-0.39, 0.29) is 10.8 Å². The molecule has 0 aromatic heterocycles. The molecule has 0 radical (unpaired) electrons. The van der Waals surface area contributed by atoms with Gasteiger partial charge in [-0.1, -0.05) is 44.2 Å². The molecule has 0 N–H and O–H groups in total. The van der Waals surface area contributed by atoms with Crippen LogP contribution in [-0.2, 0) is 10.2 Å². The van der Waals surface area contributed by atoms with Crippen molar-refractivity contribution in [3.63, 3.8) is 0 Å². The van der Waals surface area contributed by atoms with Crippen molar-refractivity contribution in [2.75, 3.05) is 0 Å². The second kappa shape index (κ2) is 4.47. The summed E-state index contributed by atoms with van der Waals surface area (Å²) in [5.74, 6) is 1.52. The Bertz CT molecular complexity index is 462. The molecule has 2 fully saturated rings. The Kier molecular flexibility index (Phi) is 3.03. The topological polar surface area (TPSA) is 17.1 Å². The molecule has 102 valence electrons. The summed E-state index contributed by atoms with van der Waals surface area (Å²) in [6.07, 6.45) is 7.19. The van der Waals surface area contributed by atoms with Crippen LogP contribution in [0.1, 0.15) is 51.5 Å². The third-order valence-corrected chi connectivity index (χ3v) is 5.32. The van der Waals surface area contributed by atoms with Crippen molar-refractivity contribution in [3.05, 3.63) is 35.9 Å². The van der Waals surface area contributed by atoms with E-state index in [1.54, 1.807) is 0 Å². The van der Waals surface area contributed by atoms with Gasteiger partial charge in [0.25, 0.3) is 0 Å². The fourth-order valence-corrected chi connectivity index (χ4v) is 5.06. The third-order valence-electron chi connectivity index (χ3n) is 5.32. The Morgan fingerprint density at radius 2 is 1.89 bits per heavy atom. The third kappa shape index (κ3) is 2.24. The minimum Gasteiger partial charge on any atom is -0.303 e. The summed E-state index contributed by atoms with van der Waals surface area (Å²) in [5, 5.41) is 0. The van der Waals surface area contributed by atoms with Gasteiger partial charge < -0.3 is 4.79 Å². The average Bonchev–Trinajstić information content (AvgIpc) is 2.38. The first-order valence-electron chi connectivity index (χ1n) is 7.57. The molecule has 0 spiro atoms. The SMILES string of the molecule is CC1CC2CC(C)(C=O)CC(c3ccccc3)(C1)C2. The van der Waals surface area contributed by atoms with Gasteiger partial charge in [-0.25, -0.2) is 0 Å². The predicted molar refractivity (Wildman–Crippen MR) is 78.0 cm³/mol. The molecule has 0 amide bonds. The summed E-state index contributed by atoms with van der Waals surface area (Å²) < 4.78 is 0. The van der Waals surface area contributed by atoms with Gasteiger partial charge in [0, 0.05) is 5.41 Å². The molecule has 4 atom stereocenters. The van der Waals surface area contributed by atoms with E-state index in [1.165, 1.54) is 31.1 Å². The summed E-state index contributed by atoms with van der Waals surface area (Å²) in [4.78, 5) is 11.6. The number of hydrogen-bond donors (Lipinski definition) is 0. The molecule has 1 nitrogen and oxygen atoms in total. The van der Waals surface area contributed by atoms with E-state index < -0.39 is 0 Å². The first-order chi connectivity index (χ1) is 9.05. The number of hydrogen-bond acceptors (Lipinski definition) is 1. The summed E-state index contributed by atoms with van der Waals surface area (Å²) in [6, 6.07) is 10.9. The van der Waals surface area contributed by atoms with Crippen molar-refractivity contribution in [2.24, 2.45) is 17.3 Å². The van der Waals surface area contributed by atoms with Gasteiger partial charge in [-0.05, 0) is 54.9 Å². The van der Waals surface area contributed by atoms with Crippen LogP contribution in [-0.4, -0.2) is 6.29 Å². The molecular formula is C18H24O. The van der Waals surface area contributed by atoms with E-state index in [9.17, 15) is 4.79 Å². The Hall–Kier alpha value is -1.11. The first kappa shape index (κ1) is 12.9. The highest BCUT2D eigenvalue weighted by atomic mass is 16.1. The van der Waals surface area contributed by atoms with Crippen LogP contribution < -0.4 is 0 Å². The minimum atomic E-state index is -0.112. The van der Waals surface area contributed by atoms with Crippen LogP contribution in [0.3, 0.4) is 0 Å². The first-order valence-corrected chi connectivity index (χ1v) is 7.57. The highest BCUT2D eigenvalue weighted by molar-refractivity contribution is 5.60. The molecule has 0 saturated heterocycles. The normalized spacial score (nSPS) is 41.8. The number of aldehydes is 1. The molecule has 3 rings (SSSR count). The monoisotopic (exact) mass is 256 g/mol. The largest absolute Gasteiger partial charge is 0.303 e. The molecule has 0 aliphatic heterocycles. The Morgan fingerprint density at radius 3 is 2.58 bits per heavy atom. The van der Waals surface area contributed by atoms with Gasteiger partial charge in [0.15, 0.2) is 0 Å². The maximum Gasteiger partial charge on any atom is 0.125 e. The van der Waals surface area contributed by atoms with Crippen LogP contribution >= 0.6 is 0 Å². The zero-order valence-electron chi connectivity index (χ0n) is 12.1. The van der Waals surface area contributed by atoms with Crippen molar-refractivity contribution >= 4 is 6.29 Å². The molecular weight excluding hydrogens is 232 g/mol. The van der Waals surface area contributed by atoms with E-state index in [0.29, 0.717) is 0 Å².